The maximum Gasteiger partial charge on any atom is 0.322 e. The Morgan fingerprint density at radius 1 is 1.06 bits per heavy atom. The van der Waals surface area contributed by atoms with Gasteiger partial charge in [0.25, 0.3) is 11.8 Å². The molecule has 1 aliphatic rings. The van der Waals surface area contributed by atoms with Crippen LogP contribution < -0.4 is 20.7 Å². The van der Waals surface area contributed by atoms with Crippen molar-refractivity contribution in [3.8, 4) is 11.4 Å². The fourth-order valence-electron chi connectivity index (χ4n) is 3.97. The van der Waals surface area contributed by atoms with Crippen molar-refractivity contribution in [1.29, 1.82) is 0 Å². The quantitative estimate of drug-likeness (QED) is 0.538. The first-order chi connectivity index (χ1) is 15.2. The highest BCUT2D eigenvalue weighted by atomic mass is 16.5. The molecule has 4 amide bonds. The van der Waals surface area contributed by atoms with Gasteiger partial charge in [-0.25, -0.2) is 4.79 Å². The Kier molecular flexibility index (Phi) is 5.22. The first-order valence-corrected chi connectivity index (χ1v) is 10.1. The van der Waals surface area contributed by atoms with Gasteiger partial charge in [-0.1, -0.05) is 12.1 Å². The molecule has 0 radical (unpaired) electrons. The minimum atomic E-state index is -1.19. The van der Waals surface area contributed by atoms with Crippen LogP contribution >= 0.6 is 0 Å². The number of amides is 4. The van der Waals surface area contributed by atoms with Crippen molar-refractivity contribution >= 4 is 23.5 Å². The topological polar surface area (TPSA) is 101 Å². The summed E-state index contributed by atoms with van der Waals surface area (Å²) < 4.78 is 7.22. The van der Waals surface area contributed by atoms with Crippen molar-refractivity contribution in [3.63, 3.8) is 0 Å². The number of urea groups is 1. The molecule has 1 saturated heterocycles. The van der Waals surface area contributed by atoms with Gasteiger partial charge >= 0.3 is 6.03 Å². The third-order valence-corrected chi connectivity index (χ3v) is 5.75. The zero-order chi connectivity index (χ0) is 23.0. The third kappa shape index (κ3) is 3.60. The normalized spacial score (nSPS) is 17.6. The standard InChI is InChI=1S/C24H24N4O4/c1-14-12-20(15(2)28(14)18-8-10-19(32-4)11-9-18)21(29)25-17-7-5-6-16(13-17)24(3)22(30)26-23(31)27-24/h5-13H,1-4H3,(H,25,29)(H2,26,27,30,31). The first kappa shape index (κ1) is 21.2. The van der Waals surface area contributed by atoms with Crippen LogP contribution in [0.1, 0.15) is 34.2 Å². The number of nitrogens with one attached hydrogen (secondary N) is 3. The van der Waals surface area contributed by atoms with Crippen molar-refractivity contribution < 1.29 is 19.1 Å². The average molecular weight is 432 g/mol. The van der Waals surface area contributed by atoms with E-state index in [2.05, 4.69) is 16.0 Å². The highest BCUT2D eigenvalue weighted by Crippen LogP contribution is 2.28. The summed E-state index contributed by atoms with van der Waals surface area (Å²) in [6.07, 6.45) is 0. The number of ether oxygens (including phenoxy) is 1. The Hall–Kier alpha value is -4.07. The van der Waals surface area contributed by atoms with Gasteiger partial charge in [-0.2, -0.15) is 0 Å². The van der Waals surface area contributed by atoms with E-state index in [9.17, 15) is 14.4 Å². The highest BCUT2D eigenvalue weighted by molar-refractivity contribution is 6.08. The smallest absolute Gasteiger partial charge is 0.322 e. The van der Waals surface area contributed by atoms with Crippen LogP contribution in [0, 0.1) is 13.8 Å². The number of aromatic nitrogens is 1. The molecule has 1 unspecified atom stereocenters. The summed E-state index contributed by atoms with van der Waals surface area (Å²) in [6, 6.07) is 15.8. The number of methoxy groups -OCH3 is 1. The summed E-state index contributed by atoms with van der Waals surface area (Å²) in [5, 5.41) is 7.77. The lowest BCUT2D eigenvalue weighted by Gasteiger charge is -2.21. The van der Waals surface area contributed by atoms with Crippen LogP contribution in [-0.2, 0) is 10.3 Å². The summed E-state index contributed by atoms with van der Waals surface area (Å²) in [5.41, 5.74) is 3.10. The molecular formula is C24H24N4O4. The summed E-state index contributed by atoms with van der Waals surface area (Å²) in [4.78, 5) is 36.9. The van der Waals surface area contributed by atoms with Gasteiger partial charge < -0.3 is 19.9 Å². The van der Waals surface area contributed by atoms with Gasteiger partial charge in [0.1, 0.15) is 11.3 Å². The second-order valence-corrected chi connectivity index (χ2v) is 7.89. The third-order valence-electron chi connectivity index (χ3n) is 5.75. The van der Waals surface area contributed by atoms with Gasteiger partial charge in [-0.15, -0.1) is 0 Å². The predicted molar refractivity (Wildman–Crippen MR) is 120 cm³/mol. The fourth-order valence-corrected chi connectivity index (χ4v) is 3.97. The number of anilines is 1. The minimum Gasteiger partial charge on any atom is -0.497 e. The van der Waals surface area contributed by atoms with Crippen LogP contribution in [0.2, 0.25) is 0 Å². The van der Waals surface area contributed by atoms with E-state index in [1.165, 1.54) is 0 Å². The van der Waals surface area contributed by atoms with Gasteiger partial charge in [0.15, 0.2) is 0 Å². The van der Waals surface area contributed by atoms with Gasteiger partial charge in [-0.05, 0) is 68.8 Å². The zero-order valence-electron chi connectivity index (χ0n) is 18.3. The molecule has 2 aromatic carbocycles. The molecule has 8 heteroatoms. The number of aryl methyl sites for hydroxylation is 1. The van der Waals surface area contributed by atoms with E-state index >= 15 is 0 Å². The lowest BCUT2D eigenvalue weighted by molar-refractivity contribution is -0.123. The summed E-state index contributed by atoms with van der Waals surface area (Å²) >= 11 is 0. The van der Waals surface area contributed by atoms with E-state index in [0.717, 1.165) is 22.8 Å². The maximum atomic E-state index is 13.1. The molecule has 164 valence electrons. The molecule has 0 aliphatic carbocycles. The largest absolute Gasteiger partial charge is 0.497 e. The fraction of sp³-hybridized carbons (Fsp3) is 0.208. The lowest BCUT2D eigenvalue weighted by Crippen LogP contribution is -2.40. The molecule has 3 N–H and O–H groups in total. The van der Waals surface area contributed by atoms with Gasteiger partial charge in [-0.3, -0.25) is 14.9 Å². The summed E-state index contributed by atoms with van der Waals surface area (Å²) in [6.45, 7) is 5.45. The maximum absolute atomic E-state index is 13.1. The van der Waals surface area contributed by atoms with Gasteiger partial charge in [0, 0.05) is 22.8 Å². The number of benzene rings is 2. The summed E-state index contributed by atoms with van der Waals surface area (Å²) in [5.74, 6) is 0.0592. The van der Waals surface area contributed by atoms with E-state index in [0.29, 0.717) is 16.8 Å². The van der Waals surface area contributed by atoms with Crippen molar-refractivity contribution in [3.05, 3.63) is 77.1 Å². The molecule has 32 heavy (non-hydrogen) atoms. The molecule has 0 bridgehead atoms. The number of hydrogen-bond acceptors (Lipinski definition) is 4. The molecule has 2 heterocycles. The molecule has 0 saturated carbocycles. The second kappa shape index (κ2) is 7.88. The minimum absolute atomic E-state index is 0.264. The summed E-state index contributed by atoms with van der Waals surface area (Å²) in [7, 11) is 1.62. The van der Waals surface area contributed by atoms with Crippen LogP contribution in [0.5, 0.6) is 5.75 Å². The van der Waals surface area contributed by atoms with E-state index in [4.69, 9.17) is 4.74 Å². The molecule has 4 rings (SSSR count). The molecule has 3 aromatic rings. The van der Waals surface area contributed by atoms with Crippen LogP contribution in [0.25, 0.3) is 5.69 Å². The van der Waals surface area contributed by atoms with Crippen LogP contribution in [-0.4, -0.2) is 29.5 Å². The van der Waals surface area contributed by atoms with Gasteiger partial charge in [0.05, 0.1) is 12.7 Å². The zero-order valence-corrected chi connectivity index (χ0v) is 18.3. The SMILES string of the molecule is COc1ccc(-n2c(C)cc(C(=O)Nc3cccc(C4(C)NC(=O)NC4=O)c3)c2C)cc1. The van der Waals surface area contributed by atoms with Crippen LogP contribution in [0.4, 0.5) is 10.5 Å². The Bertz CT molecular complexity index is 1230. The van der Waals surface area contributed by atoms with E-state index in [-0.39, 0.29) is 5.91 Å². The Morgan fingerprint density at radius 3 is 2.41 bits per heavy atom. The molecule has 0 spiro atoms. The average Bonchev–Trinajstić information content (AvgIpc) is 3.22. The number of rotatable bonds is 5. The van der Waals surface area contributed by atoms with Gasteiger partial charge in [0.2, 0.25) is 0 Å². The monoisotopic (exact) mass is 432 g/mol. The predicted octanol–water partition coefficient (Wildman–Crippen LogP) is 3.41. The van der Waals surface area contributed by atoms with E-state index < -0.39 is 17.5 Å². The molecule has 1 aromatic heterocycles. The lowest BCUT2D eigenvalue weighted by atomic mass is 9.92. The number of carbonyl (C=O) groups is 3. The van der Waals surface area contributed by atoms with Crippen molar-refractivity contribution in [2.75, 3.05) is 12.4 Å². The molecule has 1 atom stereocenters. The number of hydrogen-bond donors (Lipinski definition) is 3. The Labute approximate surface area is 185 Å². The Balaban J connectivity index is 1.60. The van der Waals surface area contributed by atoms with Crippen molar-refractivity contribution in [1.82, 2.24) is 15.2 Å². The highest BCUT2D eigenvalue weighted by Gasteiger charge is 2.43. The first-order valence-electron chi connectivity index (χ1n) is 10.1. The van der Waals surface area contributed by atoms with Crippen molar-refractivity contribution in [2.24, 2.45) is 0 Å². The van der Waals surface area contributed by atoms with E-state index in [1.54, 1.807) is 38.3 Å². The molecule has 1 aliphatic heterocycles. The van der Waals surface area contributed by atoms with Crippen molar-refractivity contribution in [2.45, 2.75) is 26.3 Å². The second-order valence-electron chi connectivity index (χ2n) is 7.89. The molecule has 1 fully saturated rings. The van der Waals surface area contributed by atoms with Crippen LogP contribution in [0.15, 0.2) is 54.6 Å². The molecular weight excluding hydrogens is 408 g/mol. The van der Waals surface area contributed by atoms with Crippen LogP contribution in [0.3, 0.4) is 0 Å². The number of carbonyl (C=O) groups excluding carboxylic acids is 3. The number of imide groups is 1. The van der Waals surface area contributed by atoms with E-state index in [1.807, 2.05) is 48.7 Å². The number of nitrogens with zero attached hydrogens (tertiary/aromatic N) is 1. The molecule has 8 nitrogen and oxygen atoms in total. The Morgan fingerprint density at radius 2 is 1.78 bits per heavy atom.